The number of rotatable bonds is 4. The van der Waals surface area contributed by atoms with Crippen LogP contribution < -0.4 is 5.32 Å². The van der Waals surface area contributed by atoms with Gasteiger partial charge in [0.2, 0.25) is 0 Å². The molecule has 0 aromatic heterocycles. The lowest BCUT2D eigenvalue weighted by Crippen LogP contribution is -2.48. The van der Waals surface area contributed by atoms with Gasteiger partial charge in [0.15, 0.2) is 0 Å². The predicted octanol–water partition coefficient (Wildman–Crippen LogP) is -0.249. The normalized spacial score (nSPS) is 22.8. The molecule has 1 fully saturated rings. The number of carboxylic acids is 1. The molecule has 0 bridgehead atoms. The molecule has 0 saturated carbocycles. The van der Waals surface area contributed by atoms with Gasteiger partial charge >= 0.3 is 12.0 Å². The SMILES string of the molecule is C#CCCNC(=O)N(C)C1COCC1C(=O)O. The van der Waals surface area contributed by atoms with E-state index in [9.17, 15) is 9.59 Å². The Morgan fingerprint density at radius 3 is 2.88 bits per heavy atom. The maximum Gasteiger partial charge on any atom is 0.317 e. The van der Waals surface area contributed by atoms with E-state index in [1.807, 2.05) is 0 Å². The van der Waals surface area contributed by atoms with Gasteiger partial charge in [0.05, 0.1) is 19.3 Å². The molecule has 1 rings (SSSR count). The van der Waals surface area contributed by atoms with Crippen molar-refractivity contribution >= 4 is 12.0 Å². The van der Waals surface area contributed by atoms with Crippen molar-refractivity contribution in [2.45, 2.75) is 12.5 Å². The highest BCUT2D eigenvalue weighted by molar-refractivity contribution is 5.77. The number of urea groups is 1. The fraction of sp³-hybridized carbons (Fsp3) is 0.636. The monoisotopic (exact) mass is 240 g/mol. The van der Waals surface area contributed by atoms with E-state index >= 15 is 0 Å². The number of carbonyl (C=O) groups is 2. The molecule has 2 N–H and O–H groups in total. The Bertz CT molecular complexity index is 337. The Morgan fingerprint density at radius 2 is 2.29 bits per heavy atom. The molecule has 1 saturated heterocycles. The summed E-state index contributed by atoms with van der Waals surface area (Å²) in [7, 11) is 1.56. The molecular weight excluding hydrogens is 224 g/mol. The first-order valence-electron chi connectivity index (χ1n) is 5.32. The number of nitrogens with zero attached hydrogens (tertiary/aromatic N) is 1. The zero-order valence-electron chi connectivity index (χ0n) is 9.68. The van der Waals surface area contributed by atoms with Crippen molar-refractivity contribution in [1.82, 2.24) is 10.2 Å². The van der Waals surface area contributed by atoms with E-state index in [2.05, 4.69) is 11.2 Å². The molecule has 2 amide bonds. The number of ether oxygens (including phenoxy) is 1. The Balaban J connectivity index is 2.51. The van der Waals surface area contributed by atoms with Crippen LogP contribution in [0.1, 0.15) is 6.42 Å². The lowest BCUT2D eigenvalue weighted by atomic mass is 10.0. The highest BCUT2D eigenvalue weighted by atomic mass is 16.5. The summed E-state index contributed by atoms with van der Waals surface area (Å²) in [6.45, 7) is 0.767. The zero-order valence-corrected chi connectivity index (χ0v) is 9.68. The smallest absolute Gasteiger partial charge is 0.317 e. The van der Waals surface area contributed by atoms with Gasteiger partial charge in [-0.1, -0.05) is 0 Å². The number of hydrogen-bond donors (Lipinski definition) is 2. The Labute approximate surface area is 99.9 Å². The van der Waals surface area contributed by atoms with Crippen LogP contribution in [0.5, 0.6) is 0 Å². The highest BCUT2D eigenvalue weighted by Crippen LogP contribution is 2.18. The second kappa shape index (κ2) is 6.11. The number of likely N-dealkylation sites (N-methyl/N-ethyl adjacent to an activating group) is 1. The third-order valence-corrected chi connectivity index (χ3v) is 2.73. The van der Waals surface area contributed by atoms with E-state index in [0.717, 1.165) is 0 Å². The first-order valence-corrected chi connectivity index (χ1v) is 5.32. The fourth-order valence-corrected chi connectivity index (χ4v) is 1.68. The van der Waals surface area contributed by atoms with Gasteiger partial charge in [0, 0.05) is 20.0 Å². The van der Waals surface area contributed by atoms with Crippen LogP contribution in [-0.4, -0.2) is 54.9 Å². The van der Waals surface area contributed by atoms with Crippen molar-refractivity contribution in [3.63, 3.8) is 0 Å². The van der Waals surface area contributed by atoms with Crippen molar-refractivity contribution < 1.29 is 19.4 Å². The summed E-state index contributed by atoms with van der Waals surface area (Å²) in [5.74, 6) is 0.790. The van der Waals surface area contributed by atoms with Gasteiger partial charge in [-0.2, -0.15) is 0 Å². The second-order valence-corrected chi connectivity index (χ2v) is 3.85. The average Bonchev–Trinajstić information content (AvgIpc) is 2.77. The lowest BCUT2D eigenvalue weighted by molar-refractivity contribution is -0.142. The molecule has 0 aromatic rings. The average molecular weight is 240 g/mol. The van der Waals surface area contributed by atoms with Crippen LogP contribution >= 0.6 is 0 Å². The van der Waals surface area contributed by atoms with Crippen molar-refractivity contribution in [2.24, 2.45) is 5.92 Å². The molecule has 1 heterocycles. The van der Waals surface area contributed by atoms with Crippen LogP contribution in [0, 0.1) is 18.3 Å². The summed E-state index contributed by atoms with van der Waals surface area (Å²) in [6.07, 6.45) is 5.51. The summed E-state index contributed by atoms with van der Waals surface area (Å²) < 4.78 is 5.09. The standard InChI is InChI=1S/C11H16N2O4/c1-3-4-5-12-11(16)13(2)9-7-17-6-8(9)10(14)15/h1,8-9H,4-7H2,2H3,(H,12,16)(H,14,15). The molecule has 1 aliphatic rings. The molecule has 1 aliphatic heterocycles. The van der Waals surface area contributed by atoms with Gasteiger partial charge in [0.1, 0.15) is 5.92 Å². The number of terminal acetylenes is 1. The van der Waals surface area contributed by atoms with Crippen LogP contribution in [0.3, 0.4) is 0 Å². The summed E-state index contributed by atoms with van der Waals surface area (Å²) in [4.78, 5) is 24.0. The number of nitrogens with one attached hydrogen (secondary N) is 1. The molecule has 94 valence electrons. The van der Waals surface area contributed by atoms with E-state index in [1.54, 1.807) is 7.05 Å². The number of aliphatic carboxylic acids is 1. The minimum absolute atomic E-state index is 0.141. The predicted molar refractivity (Wildman–Crippen MR) is 60.3 cm³/mol. The van der Waals surface area contributed by atoms with Crippen molar-refractivity contribution in [1.29, 1.82) is 0 Å². The maximum absolute atomic E-state index is 11.7. The van der Waals surface area contributed by atoms with Gasteiger partial charge in [-0.25, -0.2) is 4.79 Å². The van der Waals surface area contributed by atoms with E-state index in [0.29, 0.717) is 13.0 Å². The topological polar surface area (TPSA) is 78.9 Å². The van der Waals surface area contributed by atoms with Gasteiger partial charge in [0.25, 0.3) is 0 Å². The van der Waals surface area contributed by atoms with E-state index in [1.165, 1.54) is 4.90 Å². The number of hydrogen-bond acceptors (Lipinski definition) is 3. The Hall–Kier alpha value is -1.74. The number of amides is 2. The minimum Gasteiger partial charge on any atom is -0.481 e. The molecule has 2 unspecified atom stereocenters. The van der Waals surface area contributed by atoms with E-state index in [-0.39, 0.29) is 19.2 Å². The second-order valence-electron chi connectivity index (χ2n) is 3.85. The zero-order chi connectivity index (χ0) is 12.8. The van der Waals surface area contributed by atoms with Crippen LogP contribution in [0.15, 0.2) is 0 Å². The summed E-state index contributed by atoms with van der Waals surface area (Å²) in [6, 6.07) is -0.764. The lowest BCUT2D eigenvalue weighted by Gasteiger charge is -2.26. The van der Waals surface area contributed by atoms with Crippen molar-refractivity contribution in [3.8, 4) is 12.3 Å². The van der Waals surface area contributed by atoms with Crippen LogP contribution in [-0.2, 0) is 9.53 Å². The molecular formula is C11H16N2O4. The maximum atomic E-state index is 11.7. The van der Waals surface area contributed by atoms with Crippen molar-refractivity contribution in [3.05, 3.63) is 0 Å². The third kappa shape index (κ3) is 3.36. The summed E-state index contributed by atoms with van der Waals surface area (Å²) in [5, 5.41) is 11.6. The largest absolute Gasteiger partial charge is 0.481 e. The molecule has 2 atom stereocenters. The van der Waals surface area contributed by atoms with E-state index < -0.39 is 17.9 Å². The van der Waals surface area contributed by atoms with Crippen LogP contribution in [0.2, 0.25) is 0 Å². The summed E-state index contributed by atoms with van der Waals surface area (Å²) in [5.41, 5.74) is 0. The summed E-state index contributed by atoms with van der Waals surface area (Å²) >= 11 is 0. The van der Waals surface area contributed by atoms with Gasteiger partial charge in [-0.3, -0.25) is 4.79 Å². The molecule has 6 nitrogen and oxygen atoms in total. The minimum atomic E-state index is -0.948. The van der Waals surface area contributed by atoms with Crippen molar-refractivity contribution in [2.75, 3.05) is 26.8 Å². The molecule has 6 heteroatoms. The van der Waals surface area contributed by atoms with E-state index in [4.69, 9.17) is 16.3 Å². The molecule has 0 radical (unpaired) electrons. The quantitative estimate of drug-likeness (QED) is 0.524. The van der Waals surface area contributed by atoms with Gasteiger partial charge in [-0.15, -0.1) is 12.3 Å². The van der Waals surface area contributed by atoms with Gasteiger partial charge < -0.3 is 20.1 Å². The molecule has 0 aromatic carbocycles. The van der Waals surface area contributed by atoms with Gasteiger partial charge in [-0.05, 0) is 0 Å². The molecule has 17 heavy (non-hydrogen) atoms. The Morgan fingerprint density at radius 1 is 1.59 bits per heavy atom. The molecule has 0 spiro atoms. The first kappa shape index (κ1) is 13.3. The Kier molecular flexibility index (Phi) is 4.79. The van der Waals surface area contributed by atoms with Crippen LogP contribution in [0.4, 0.5) is 4.79 Å². The number of carbonyl (C=O) groups excluding carboxylic acids is 1. The third-order valence-electron chi connectivity index (χ3n) is 2.73. The fourth-order valence-electron chi connectivity index (χ4n) is 1.68. The highest BCUT2D eigenvalue weighted by Gasteiger charge is 2.38. The first-order chi connectivity index (χ1) is 8.07. The molecule has 0 aliphatic carbocycles. The van der Waals surface area contributed by atoms with Crippen LogP contribution in [0.25, 0.3) is 0 Å². The number of carboxylic acid groups (broad SMARTS) is 1.